The molecule has 25 heteroatoms. The number of aromatic carboxylic acids is 2. The monoisotopic (exact) mass is 990 g/mol. The van der Waals surface area contributed by atoms with Crippen molar-refractivity contribution in [2.24, 2.45) is 20.5 Å². The number of carbonyl (C=O) groups is 4. The Morgan fingerprint density at radius 2 is 1.35 bits per heavy atom. The van der Waals surface area contributed by atoms with Crippen molar-refractivity contribution >= 4 is 106 Å². The first-order valence-corrected chi connectivity index (χ1v) is 23.1. The van der Waals surface area contributed by atoms with E-state index in [0.717, 1.165) is 35.6 Å². The molecule has 0 saturated heterocycles. The van der Waals surface area contributed by atoms with Crippen LogP contribution >= 0.6 is 11.3 Å². The van der Waals surface area contributed by atoms with Crippen LogP contribution in [0.3, 0.4) is 0 Å². The fourth-order valence-electron chi connectivity index (χ4n) is 6.47. The van der Waals surface area contributed by atoms with E-state index in [0.29, 0.717) is 5.56 Å². The average molecular weight is 991 g/mol. The van der Waals surface area contributed by atoms with Crippen LogP contribution < -0.4 is 16.0 Å². The van der Waals surface area contributed by atoms with Gasteiger partial charge in [-0.3, -0.25) is 14.1 Å². The van der Waals surface area contributed by atoms with Crippen molar-refractivity contribution < 1.29 is 55.9 Å². The van der Waals surface area contributed by atoms with Crippen molar-refractivity contribution in [1.29, 1.82) is 10.5 Å². The molecule has 2 aromatic heterocycles. The van der Waals surface area contributed by atoms with Crippen molar-refractivity contribution in [2.75, 3.05) is 16.0 Å². The summed E-state index contributed by atoms with van der Waals surface area (Å²) in [6.07, 6.45) is -0.792. The number of nitriles is 2. The Balaban J connectivity index is 1.55. The molecule has 2 heterocycles. The molecule has 0 unspecified atom stereocenters. The lowest BCUT2D eigenvalue weighted by atomic mass is 10.0. The van der Waals surface area contributed by atoms with E-state index in [4.69, 9.17) is 5.11 Å². The Labute approximate surface area is 396 Å². The van der Waals surface area contributed by atoms with Gasteiger partial charge in [0, 0.05) is 34.6 Å². The summed E-state index contributed by atoms with van der Waals surface area (Å²) < 4.78 is 58.3. The Kier molecular flexibility index (Phi) is 15.0. The van der Waals surface area contributed by atoms with Gasteiger partial charge in [0.1, 0.15) is 28.4 Å². The van der Waals surface area contributed by atoms with Gasteiger partial charge >= 0.3 is 17.9 Å². The molecular weight excluding hydrogens is 957 g/mol. The van der Waals surface area contributed by atoms with Crippen LogP contribution in [-0.4, -0.2) is 65.5 Å². The van der Waals surface area contributed by atoms with Gasteiger partial charge in [-0.05, 0) is 92.1 Å². The van der Waals surface area contributed by atoms with Crippen LogP contribution in [0.5, 0.6) is 0 Å². The number of aryl methyl sites for hydroxylation is 2. The minimum atomic E-state index is -4.67. The molecule has 0 aliphatic rings. The second kappa shape index (κ2) is 20.8. The lowest BCUT2D eigenvalue weighted by Crippen LogP contribution is -2.13. The zero-order chi connectivity index (χ0) is 50.3. The first-order valence-electron chi connectivity index (χ1n) is 19.6. The number of carboxylic acid groups (broad SMARTS) is 3. The lowest BCUT2D eigenvalue weighted by Gasteiger charge is -2.16. The molecule has 0 fully saturated rings. The standard InChI is InChI=1S/C44H34N10O12S3/c1-21-7-9-28(17-33(21)68(62)63)49-40-38(23(3)31(19-45)39(50-40)48-29-10-8-22(2)34(18-29)69(64,65)66)52-53-41-32(20-46)37(24-5-4-6-27(14-24)47-35(55)11-12-36(56)57)42(67-41)54-51-30-15-25(43(58)59)13-26(16-30)44(60)61/h4-10,13-18,68H,11-12H2,1-3H3,(H,47,55)(H,56,57)(H,58,59)(H,60,61)(H2,48,49,50)(H,64,65,66). The Bertz CT molecular complexity index is 3440. The van der Waals surface area contributed by atoms with E-state index in [2.05, 4.69) is 47.5 Å². The van der Waals surface area contributed by atoms with E-state index >= 15 is 0 Å². The fourth-order valence-corrected chi connectivity index (χ4v) is 8.75. The summed E-state index contributed by atoms with van der Waals surface area (Å²) in [6, 6.07) is 21.6. The molecule has 6 aromatic rings. The molecule has 22 nitrogen and oxygen atoms in total. The van der Waals surface area contributed by atoms with Gasteiger partial charge in [0.05, 0.1) is 38.6 Å². The summed E-state index contributed by atoms with van der Waals surface area (Å²) in [5, 5.41) is 75.0. The molecule has 0 aliphatic carbocycles. The summed E-state index contributed by atoms with van der Waals surface area (Å²) >= 11 is 0.754. The number of carboxylic acids is 3. The van der Waals surface area contributed by atoms with Crippen molar-refractivity contribution in [2.45, 2.75) is 43.4 Å². The highest BCUT2D eigenvalue weighted by Gasteiger charge is 2.24. The highest BCUT2D eigenvalue weighted by molar-refractivity contribution is 7.85. The maximum atomic E-state index is 12.6. The summed E-state index contributed by atoms with van der Waals surface area (Å²) in [7, 11) is -7.72. The quantitative estimate of drug-likeness (QED) is 0.0240. The van der Waals surface area contributed by atoms with Crippen LogP contribution in [0.2, 0.25) is 0 Å². The summed E-state index contributed by atoms with van der Waals surface area (Å²) in [5.74, 6) is -4.96. The molecule has 0 saturated carbocycles. The lowest BCUT2D eigenvalue weighted by molar-refractivity contribution is -0.138. The van der Waals surface area contributed by atoms with E-state index in [1.54, 1.807) is 19.1 Å². The van der Waals surface area contributed by atoms with Crippen LogP contribution in [0, 0.1) is 43.4 Å². The number of benzene rings is 4. The minimum Gasteiger partial charge on any atom is -0.481 e. The summed E-state index contributed by atoms with van der Waals surface area (Å²) in [4.78, 5) is 51.5. The number of azo groups is 2. The predicted molar refractivity (Wildman–Crippen MR) is 250 cm³/mol. The van der Waals surface area contributed by atoms with Gasteiger partial charge in [0.2, 0.25) is 5.91 Å². The SMILES string of the molecule is Cc1ccc(Nc2nc(Nc3ccc(C)c(S(=O)(=O)O)c3)c(C#N)c(C)c2N=Nc2sc(N=Nc3cc(C(=O)O)cc(C(=O)O)c3)c(-c3cccc(NC(=O)CCC(=O)O)c3)c2C#N)cc1[SH](=O)=O. The molecule has 6 rings (SSSR count). The van der Waals surface area contributed by atoms with Crippen molar-refractivity contribution in [1.82, 2.24) is 4.98 Å². The number of thiol groups is 1. The van der Waals surface area contributed by atoms with Gasteiger partial charge in [-0.2, -0.15) is 18.9 Å². The second-order valence-electron chi connectivity index (χ2n) is 14.6. The van der Waals surface area contributed by atoms with E-state index in [1.807, 2.05) is 6.07 Å². The van der Waals surface area contributed by atoms with Gasteiger partial charge in [-0.25, -0.2) is 23.0 Å². The number of aliphatic carboxylic acids is 1. The van der Waals surface area contributed by atoms with Crippen molar-refractivity contribution in [3.05, 3.63) is 118 Å². The molecule has 0 atom stereocenters. The molecule has 0 radical (unpaired) electrons. The Morgan fingerprint density at radius 1 is 0.725 bits per heavy atom. The van der Waals surface area contributed by atoms with Crippen molar-refractivity contribution in [3.8, 4) is 23.3 Å². The molecule has 1 amide bonds. The number of thiophene rings is 1. The van der Waals surface area contributed by atoms with Gasteiger partial charge in [0.25, 0.3) is 10.1 Å². The first-order chi connectivity index (χ1) is 32.7. The van der Waals surface area contributed by atoms with Crippen LogP contribution in [0.1, 0.15) is 61.4 Å². The van der Waals surface area contributed by atoms with Gasteiger partial charge < -0.3 is 31.3 Å². The molecule has 0 spiro atoms. The second-order valence-corrected chi connectivity index (χ2v) is 18.0. The topological polar surface area (TPSA) is 363 Å². The summed E-state index contributed by atoms with van der Waals surface area (Å²) in [5.41, 5.74) is 0.202. The molecule has 0 bridgehead atoms. The van der Waals surface area contributed by atoms with Crippen LogP contribution in [0.15, 0.2) is 109 Å². The highest BCUT2D eigenvalue weighted by Crippen LogP contribution is 2.49. The number of anilines is 5. The zero-order valence-corrected chi connectivity index (χ0v) is 38.4. The molecule has 4 aromatic carbocycles. The number of nitrogens with one attached hydrogen (secondary N) is 3. The van der Waals surface area contributed by atoms with E-state index in [9.17, 15) is 61.3 Å². The summed E-state index contributed by atoms with van der Waals surface area (Å²) in [6.45, 7) is 4.53. The van der Waals surface area contributed by atoms with Crippen LogP contribution in [0.4, 0.5) is 50.1 Å². The third kappa shape index (κ3) is 11.8. The maximum absolute atomic E-state index is 12.6. The Morgan fingerprint density at radius 3 is 1.96 bits per heavy atom. The molecule has 7 N–H and O–H groups in total. The van der Waals surface area contributed by atoms with E-state index in [-0.39, 0.29) is 94.8 Å². The van der Waals surface area contributed by atoms with Crippen molar-refractivity contribution in [3.63, 3.8) is 0 Å². The molecular formula is C44H34N10O12S3. The maximum Gasteiger partial charge on any atom is 0.335 e. The predicted octanol–water partition coefficient (Wildman–Crippen LogP) is 9.21. The van der Waals surface area contributed by atoms with E-state index in [1.165, 1.54) is 56.3 Å². The zero-order valence-electron chi connectivity index (χ0n) is 35.9. The number of carbonyl (C=O) groups excluding carboxylic acids is 1. The Hall–Kier alpha value is -8.75. The number of hydrogen-bond acceptors (Lipinski definition) is 18. The number of pyridine rings is 1. The van der Waals surface area contributed by atoms with Crippen LogP contribution in [0.25, 0.3) is 11.1 Å². The third-order valence-corrected chi connectivity index (χ3v) is 12.6. The number of rotatable bonds is 17. The molecule has 0 aliphatic heterocycles. The third-order valence-electron chi connectivity index (χ3n) is 9.82. The smallest absolute Gasteiger partial charge is 0.335 e. The van der Waals surface area contributed by atoms with E-state index < -0.39 is 67.1 Å². The highest BCUT2D eigenvalue weighted by atomic mass is 32.2. The molecule has 350 valence electrons. The average Bonchev–Trinajstić information content (AvgIpc) is 3.65. The normalized spacial score (nSPS) is 11.3. The minimum absolute atomic E-state index is 0.0245. The fraction of sp³-hybridized carbons (Fsp3) is 0.114. The number of nitrogens with zero attached hydrogens (tertiary/aromatic N) is 7. The van der Waals surface area contributed by atoms with Gasteiger partial charge in [-0.1, -0.05) is 35.6 Å². The first kappa shape index (κ1) is 49.7. The van der Waals surface area contributed by atoms with Gasteiger partial charge in [0.15, 0.2) is 27.3 Å². The number of hydrogen-bond donors (Lipinski definition) is 8. The van der Waals surface area contributed by atoms with Gasteiger partial charge in [-0.15, -0.1) is 20.5 Å². The largest absolute Gasteiger partial charge is 0.481 e. The molecule has 69 heavy (non-hydrogen) atoms. The number of aromatic nitrogens is 1. The number of amides is 1. The van der Waals surface area contributed by atoms with Crippen LogP contribution in [-0.2, 0) is 30.4 Å².